The molecular weight excluding hydrogens is 335 g/mol. The molecule has 3 nitrogen and oxygen atoms in total. The maximum atomic E-state index is 12.7. The van der Waals surface area contributed by atoms with Crippen LogP contribution in [0.1, 0.15) is 17.0 Å². The van der Waals surface area contributed by atoms with Crippen molar-refractivity contribution in [2.45, 2.75) is 6.43 Å². The highest BCUT2D eigenvalue weighted by Gasteiger charge is 2.21. The van der Waals surface area contributed by atoms with Crippen LogP contribution < -0.4 is 5.32 Å². The van der Waals surface area contributed by atoms with Crippen molar-refractivity contribution in [3.8, 4) is 0 Å². The molecule has 100 valence electrons. The molecule has 2 aromatic rings. The predicted octanol–water partition coefficient (Wildman–Crippen LogP) is 4.57. The number of nitrogens with one attached hydrogen (secondary N) is 1. The molecule has 1 aromatic heterocycles. The second-order valence-electron chi connectivity index (χ2n) is 3.37. The highest BCUT2D eigenvalue weighted by Crippen LogP contribution is 2.27. The standard InChI is InChI=1S/C10H5Cl2F2N3S2/c11-5-2-1-4(3-6(5)12)15-10(18)8-7(9(13)14)16-17-19-8/h1-3,9H,(H,15,18). The van der Waals surface area contributed by atoms with E-state index >= 15 is 0 Å². The van der Waals surface area contributed by atoms with Gasteiger partial charge in [-0.3, -0.25) is 0 Å². The second-order valence-corrected chi connectivity index (χ2v) is 5.35. The zero-order valence-electron chi connectivity index (χ0n) is 9.03. The molecule has 9 heteroatoms. The first-order chi connectivity index (χ1) is 8.99. The third-order valence-electron chi connectivity index (χ3n) is 2.10. The summed E-state index contributed by atoms with van der Waals surface area (Å²) in [5.74, 6) is 0. The fraction of sp³-hybridized carbons (Fsp3) is 0.100. The maximum absolute atomic E-state index is 12.7. The van der Waals surface area contributed by atoms with E-state index in [1.54, 1.807) is 18.2 Å². The van der Waals surface area contributed by atoms with E-state index in [-0.39, 0.29) is 9.87 Å². The molecule has 0 fully saturated rings. The quantitative estimate of drug-likeness (QED) is 0.831. The number of nitrogens with zero attached hydrogens (tertiary/aromatic N) is 2. The van der Waals surface area contributed by atoms with Crippen molar-refractivity contribution < 1.29 is 8.78 Å². The molecule has 0 radical (unpaired) electrons. The van der Waals surface area contributed by atoms with E-state index in [0.29, 0.717) is 15.7 Å². The molecule has 0 aliphatic heterocycles. The Morgan fingerprint density at radius 2 is 2.05 bits per heavy atom. The highest BCUT2D eigenvalue weighted by molar-refractivity contribution is 7.81. The van der Waals surface area contributed by atoms with Crippen LogP contribution in [0.25, 0.3) is 0 Å². The lowest BCUT2D eigenvalue weighted by atomic mass is 10.3. The Morgan fingerprint density at radius 3 is 2.68 bits per heavy atom. The second kappa shape index (κ2) is 6.04. The zero-order valence-corrected chi connectivity index (χ0v) is 12.2. The first-order valence-corrected chi connectivity index (χ1v) is 6.79. The van der Waals surface area contributed by atoms with Crippen molar-refractivity contribution in [2.24, 2.45) is 0 Å². The Labute approximate surface area is 126 Å². The van der Waals surface area contributed by atoms with Gasteiger partial charge in [-0.25, -0.2) is 8.78 Å². The lowest BCUT2D eigenvalue weighted by Crippen LogP contribution is -2.11. The Balaban J connectivity index is 2.21. The summed E-state index contributed by atoms with van der Waals surface area (Å²) in [4.78, 5) is 0.250. The van der Waals surface area contributed by atoms with Gasteiger partial charge in [0.25, 0.3) is 6.43 Å². The molecule has 2 rings (SSSR count). The SMILES string of the molecule is FC(F)c1nnsc1C(=S)Nc1ccc(Cl)c(Cl)c1. The van der Waals surface area contributed by atoms with Gasteiger partial charge in [-0.1, -0.05) is 39.9 Å². The molecule has 1 aromatic carbocycles. The molecule has 0 amide bonds. The number of anilines is 1. The summed E-state index contributed by atoms with van der Waals surface area (Å²) in [6.07, 6.45) is -2.72. The number of rotatable bonds is 3. The van der Waals surface area contributed by atoms with Gasteiger partial charge in [0.1, 0.15) is 9.87 Å². The molecule has 0 aliphatic carbocycles. The minimum absolute atomic E-state index is 0.115. The largest absolute Gasteiger partial charge is 0.345 e. The number of hydrogen-bond acceptors (Lipinski definition) is 4. The number of hydrogen-bond donors (Lipinski definition) is 1. The Morgan fingerprint density at radius 1 is 1.32 bits per heavy atom. The molecule has 1 heterocycles. The van der Waals surface area contributed by atoms with Gasteiger partial charge in [-0.15, -0.1) is 5.10 Å². The maximum Gasteiger partial charge on any atom is 0.283 e. The summed E-state index contributed by atoms with van der Waals surface area (Å²) in [5.41, 5.74) is 0.121. The number of benzene rings is 1. The number of thiocarbonyl (C=S) groups is 1. The van der Waals surface area contributed by atoms with Gasteiger partial charge >= 0.3 is 0 Å². The zero-order chi connectivity index (χ0) is 14.0. The van der Waals surface area contributed by atoms with Crippen LogP contribution in [0, 0.1) is 0 Å². The topological polar surface area (TPSA) is 37.8 Å². The van der Waals surface area contributed by atoms with E-state index in [2.05, 4.69) is 14.9 Å². The Bertz CT molecular complexity index is 619. The van der Waals surface area contributed by atoms with Crippen LogP contribution in [0.2, 0.25) is 10.0 Å². The van der Waals surface area contributed by atoms with Crippen molar-refractivity contribution in [1.29, 1.82) is 0 Å². The van der Waals surface area contributed by atoms with Crippen LogP contribution in [-0.4, -0.2) is 14.6 Å². The van der Waals surface area contributed by atoms with Crippen LogP contribution in [-0.2, 0) is 0 Å². The lowest BCUT2D eigenvalue weighted by molar-refractivity contribution is 0.146. The third kappa shape index (κ3) is 3.36. The first kappa shape index (κ1) is 14.5. The van der Waals surface area contributed by atoms with Crippen LogP contribution in [0.15, 0.2) is 18.2 Å². The van der Waals surface area contributed by atoms with E-state index in [0.717, 1.165) is 11.5 Å². The van der Waals surface area contributed by atoms with Gasteiger partial charge in [0.15, 0.2) is 5.69 Å². The average Bonchev–Trinajstić information content (AvgIpc) is 2.83. The van der Waals surface area contributed by atoms with Crippen LogP contribution in [0.5, 0.6) is 0 Å². The average molecular weight is 340 g/mol. The Hall–Kier alpha value is -0.890. The fourth-order valence-corrected chi connectivity index (χ4v) is 2.46. The van der Waals surface area contributed by atoms with Crippen LogP contribution >= 0.6 is 47.0 Å². The summed E-state index contributed by atoms with van der Waals surface area (Å²) < 4.78 is 28.8. The molecule has 0 saturated heterocycles. The van der Waals surface area contributed by atoms with Gasteiger partial charge in [0.2, 0.25) is 0 Å². The molecule has 0 saturated carbocycles. The molecule has 0 bridgehead atoms. The van der Waals surface area contributed by atoms with E-state index < -0.39 is 12.1 Å². The minimum atomic E-state index is -2.72. The molecule has 0 unspecified atom stereocenters. The first-order valence-electron chi connectivity index (χ1n) is 4.86. The molecule has 0 aliphatic rings. The van der Waals surface area contributed by atoms with Gasteiger partial charge in [-0.05, 0) is 29.7 Å². The van der Waals surface area contributed by atoms with Crippen molar-refractivity contribution in [1.82, 2.24) is 9.59 Å². The monoisotopic (exact) mass is 339 g/mol. The summed E-state index contributed by atoms with van der Waals surface area (Å²) in [7, 11) is 0. The van der Waals surface area contributed by atoms with Crippen molar-refractivity contribution in [3.05, 3.63) is 38.8 Å². The van der Waals surface area contributed by atoms with Crippen molar-refractivity contribution in [2.75, 3.05) is 5.32 Å². The van der Waals surface area contributed by atoms with Gasteiger partial charge < -0.3 is 5.32 Å². The van der Waals surface area contributed by atoms with E-state index in [4.69, 9.17) is 35.4 Å². The summed E-state index contributed by atoms with van der Waals surface area (Å²) in [6.45, 7) is 0. The smallest absolute Gasteiger partial charge is 0.283 e. The predicted molar refractivity (Wildman–Crippen MR) is 76.7 cm³/mol. The third-order valence-corrected chi connectivity index (χ3v) is 4.04. The van der Waals surface area contributed by atoms with E-state index in [1.165, 1.54) is 0 Å². The number of aromatic nitrogens is 2. The molecule has 0 spiro atoms. The molecule has 19 heavy (non-hydrogen) atoms. The molecule has 0 atom stereocenters. The highest BCUT2D eigenvalue weighted by atomic mass is 35.5. The van der Waals surface area contributed by atoms with Gasteiger partial charge in [0.05, 0.1) is 10.0 Å². The molecule has 1 N–H and O–H groups in total. The van der Waals surface area contributed by atoms with Crippen LogP contribution in [0.3, 0.4) is 0 Å². The fourth-order valence-electron chi connectivity index (χ4n) is 1.26. The number of halogens is 4. The van der Waals surface area contributed by atoms with Crippen molar-refractivity contribution >= 4 is 57.6 Å². The van der Waals surface area contributed by atoms with E-state index in [1.807, 2.05) is 0 Å². The molecular formula is C10H5Cl2F2N3S2. The van der Waals surface area contributed by atoms with Gasteiger partial charge in [0, 0.05) is 5.69 Å². The van der Waals surface area contributed by atoms with Gasteiger partial charge in [-0.2, -0.15) is 0 Å². The van der Waals surface area contributed by atoms with Crippen molar-refractivity contribution in [3.63, 3.8) is 0 Å². The minimum Gasteiger partial charge on any atom is -0.345 e. The summed E-state index contributed by atoms with van der Waals surface area (Å²) >= 11 is 17.5. The van der Waals surface area contributed by atoms with Crippen LogP contribution in [0.4, 0.5) is 14.5 Å². The van der Waals surface area contributed by atoms with E-state index in [9.17, 15) is 8.78 Å². The normalized spacial score (nSPS) is 10.8. The summed E-state index contributed by atoms with van der Waals surface area (Å²) in [6, 6.07) is 4.76. The summed E-state index contributed by atoms with van der Waals surface area (Å²) in [5, 5.41) is 6.88. The Kier molecular flexibility index (Phi) is 4.62. The number of alkyl halides is 2. The lowest BCUT2D eigenvalue weighted by Gasteiger charge is -2.08.